The molecule has 1 aromatic heterocycles. The fourth-order valence-electron chi connectivity index (χ4n) is 3.91. The number of aryl methyl sites for hydroxylation is 1. The predicted molar refractivity (Wildman–Crippen MR) is 79.7 cm³/mol. The Kier molecular flexibility index (Phi) is 3.91. The lowest BCUT2D eigenvalue weighted by molar-refractivity contribution is -0.128. The molecular formula is C17H27NO2. The minimum absolute atomic E-state index is 0.275. The predicted octanol–water partition coefficient (Wildman–Crippen LogP) is 3.84. The summed E-state index contributed by atoms with van der Waals surface area (Å²) < 4.78 is 11.5. The van der Waals surface area contributed by atoms with Crippen LogP contribution in [-0.2, 0) is 11.2 Å². The van der Waals surface area contributed by atoms with E-state index in [4.69, 9.17) is 9.15 Å². The summed E-state index contributed by atoms with van der Waals surface area (Å²) in [5, 5.41) is 3.89. The van der Waals surface area contributed by atoms with E-state index in [0.717, 1.165) is 19.4 Å². The van der Waals surface area contributed by atoms with Gasteiger partial charge in [-0.1, -0.05) is 13.8 Å². The van der Waals surface area contributed by atoms with Crippen LogP contribution in [0.4, 0.5) is 0 Å². The van der Waals surface area contributed by atoms with Crippen LogP contribution in [0.15, 0.2) is 16.7 Å². The van der Waals surface area contributed by atoms with E-state index in [0.29, 0.717) is 18.2 Å². The molecule has 0 bridgehead atoms. The molecule has 0 aliphatic heterocycles. The summed E-state index contributed by atoms with van der Waals surface area (Å²) in [6.45, 7) is 7.57. The first-order valence-electron chi connectivity index (χ1n) is 8.13. The zero-order valence-corrected chi connectivity index (χ0v) is 12.9. The molecule has 0 amide bonds. The summed E-state index contributed by atoms with van der Waals surface area (Å²) in [4.78, 5) is 0. The quantitative estimate of drug-likeness (QED) is 0.888. The number of fused-ring (bicyclic) bond motifs is 1. The maximum absolute atomic E-state index is 5.90. The second-order valence-electron chi connectivity index (χ2n) is 6.50. The zero-order chi connectivity index (χ0) is 14.2. The molecule has 0 radical (unpaired) electrons. The molecule has 2 aliphatic carbocycles. The van der Waals surface area contributed by atoms with Gasteiger partial charge in [-0.05, 0) is 38.7 Å². The highest BCUT2D eigenvalue weighted by molar-refractivity contribution is 5.25. The van der Waals surface area contributed by atoms with Crippen LogP contribution in [-0.4, -0.2) is 18.8 Å². The minimum Gasteiger partial charge on any atom is -0.469 e. The monoisotopic (exact) mass is 277 g/mol. The molecule has 3 nitrogen and oxygen atoms in total. The lowest BCUT2D eigenvalue weighted by Gasteiger charge is -2.55. The van der Waals surface area contributed by atoms with Crippen molar-refractivity contribution in [3.63, 3.8) is 0 Å². The van der Waals surface area contributed by atoms with Gasteiger partial charge in [0, 0.05) is 36.1 Å². The molecule has 1 heterocycles. The second-order valence-corrected chi connectivity index (χ2v) is 6.50. The molecule has 112 valence electrons. The normalized spacial score (nSPS) is 36.5. The van der Waals surface area contributed by atoms with E-state index >= 15 is 0 Å². The van der Waals surface area contributed by atoms with Crippen LogP contribution >= 0.6 is 0 Å². The third kappa shape index (κ3) is 2.21. The summed E-state index contributed by atoms with van der Waals surface area (Å²) in [7, 11) is 0. The van der Waals surface area contributed by atoms with E-state index in [2.05, 4.69) is 32.2 Å². The number of nitrogens with one attached hydrogen (secondary N) is 1. The highest BCUT2D eigenvalue weighted by atomic mass is 16.5. The van der Waals surface area contributed by atoms with Gasteiger partial charge < -0.3 is 14.5 Å². The van der Waals surface area contributed by atoms with Gasteiger partial charge in [0.25, 0.3) is 0 Å². The molecule has 20 heavy (non-hydrogen) atoms. The number of hydrogen-bond acceptors (Lipinski definition) is 3. The molecule has 4 unspecified atom stereocenters. The Morgan fingerprint density at radius 1 is 1.45 bits per heavy atom. The smallest absolute Gasteiger partial charge is 0.108 e. The Bertz CT molecular complexity index is 456. The molecule has 1 saturated carbocycles. The third-order valence-electron chi connectivity index (χ3n) is 5.57. The minimum atomic E-state index is 0.275. The highest BCUT2D eigenvalue weighted by Crippen LogP contribution is 2.47. The van der Waals surface area contributed by atoms with Gasteiger partial charge in [0.05, 0.1) is 12.4 Å². The Hall–Kier alpha value is -0.800. The molecule has 1 N–H and O–H groups in total. The molecule has 0 aromatic carbocycles. The molecule has 3 rings (SSSR count). The second kappa shape index (κ2) is 5.53. The number of rotatable bonds is 5. The van der Waals surface area contributed by atoms with Crippen molar-refractivity contribution in [2.45, 2.75) is 71.1 Å². The first-order chi connectivity index (χ1) is 9.69. The standard InChI is InChI=1S/C17H27NO2/c1-4-17(3)15(11-16(17)19-5-2)18-13-7-6-8-14-12(13)9-10-20-14/h9-10,13,15-16,18H,4-8,11H2,1-3H3. The molecule has 0 saturated heterocycles. The Morgan fingerprint density at radius 3 is 3.05 bits per heavy atom. The molecule has 2 aliphatic rings. The highest BCUT2D eigenvalue weighted by Gasteiger charge is 2.51. The lowest BCUT2D eigenvalue weighted by Crippen LogP contribution is -2.62. The summed E-state index contributed by atoms with van der Waals surface area (Å²) in [6.07, 6.45) is 8.11. The van der Waals surface area contributed by atoms with Gasteiger partial charge in [0.1, 0.15) is 5.76 Å². The van der Waals surface area contributed by atoms with E-state index in [1.54, 1.807) is 0 Å². The molecule has 0 spiro atoms. The van der Waals surface area contributed by atoms with Gasteiger partial charge in [0.2, 0.25) is 0 Å². The summed E-state index contributed by atoms with van der Waals surface area (Å²) in [6, 6.07) is 3.18. The Morgan fingerprint density at radius 2 is 2.30 bits per heavy atom. The Balaban J connectivity index is 1.68. The number of hydrogen-bond donors (Lipinski definition) is 1. The lowest BCUT2D eigenvalue weighted by atomic mass is 9.61. The summed E-state index contributed by atoms with van der Waals surface area (Å²) in [5.41, 5.74) is 1.66. The van der Waals surface area contributed by atoms with E-state index in [1.807, 2.05) is 6.26 Å². The third-order valence-corrected chi connectivity index (χ3v) is 5.57. The first kappa shape index (κ1) is 14.2. The largest absolute Gasteiger partial charge is 0.469 e. The van der Waals surface area contributed by atoms with Gasteiger partial charge >= 0.3 is 0 Å². The van der Waals surface area contributed by atoms with Crippen molar-refractivity contribution in [1.29, 1.82) is 0 Å². The summed E-state index contributed by atoms with van der Waals surface area (Å²) in [5.74, 6) is 1.19. The van der Waals surface area contributed by atoms with Gasteiger partial charge in [-0.3, -0.25) is 0 Å². The van der Waals surface area contributed by atoms with Crippen LogP contribution in [0.2, 0.25) is 0 Å². The van der Waals surface area contributed by atoms with Crippen LogP contribution in [0.3, 0.4) is 0 Å². The van der Waals surface area contributed by atoms with Crippen molar-refractivity contribution in [1.82, 2.24) is 5.32 Å². The fourth-order valence-corrected chi connectivity index (χ4v) is 3.91. The van der Waals surface area contributed by atoms with Crippen molar-refractivity contribution in [2.24, 2.45) is 5.41 Å². The van der Waals surface area contributed by atoms with Crippen molar-refractivity contribution in [3.8, 4) is 0 Å². The van der Waals surface area contributed by atoms with E-state index in [9.17, 15) is 0 Å². The Labute approximate surface area is 122 Å². The maximum Gasteiger partial charge on any atom is 0.108 e. The van der Waals surface area contributed by atoms with Crippen molar-refractivity contribution in [2.75, 3.05) is 6.61 Å². The molecule has 1 aromatic rings. The average Bonchev–Trinajstić information content (AvgIpc) is 2.94. The number of furan rings is 1. The molecule has 3 heteroatoms. The van der Waals surface area contributed by atoms with Gasteiger partial charge in [-0.15, -0.1) is 0 Å². The van der Waals surface area contributed by atoms with Crippen LogP contribution in [0.5, 0.6) is 0 Å². The molecular weight excluding hydrogens is 250 g/mol. The van der Waals surface area contributed by atoms with Crippen LogP contribution < -0.4 is 5.32 Å². The SMILES string of the molecule is CCOC1CC(NC2CCCc3occc32)C1(C)CC. The van der Waals surface area contributed by atoms with Crippen molar-refractivity contribution < 1.29 is 9.15 Å². The van der Waals surface area contributed by atoms with Gasteiger partial charge in [-0.2, -0.15) is 0 Å². The van der Waals surface area contributed by atoms with E-state index in [-0.39, 0.29) is 5.41 Å². The van der Waals surface area contributed by atoms with Gasteiger partial charge in [0.15, 0.2) is 0 Å². The van der Waals surface area contributed by atoms with Crippen LogP contribution in [0.25, 0.3) is 0 Å². The topological polar surface area (TPSA) is 34.4 Å². The fraction of sp³-hybridized carbons (Fsp3) is 0.765. The van der Waals surface area contributed by atoms with Crippen molar-refractivity contribution in [3.05, 3.63) is 23.7 Å². The maximum atomic E-state index is 5.90. The van der Waals surface area contributed by atoms with Gasteiger partial charge in [-0.25, -0.2) is 0 Å². The van der Waals surface area contributed by atoms with E-state index in [1.165, 1.54) is 30.6 Å². The van der Waals surface area contributed by atoms with Crippen LogP contribution in [0, 0.1) is 5.41 Å². The van der Waals surface area contributed by atoms with E-state index < -0.39 is 0 Å². The zero-order valence-electron chi connectivity index (χ0n) is 12.9. The first-order valence-corrected chi connectivity index (χ1v) is 8.13. The molecule has 4 atom stereocenters. The number of ether oxygens (including phenoxy) is 1. The molecule has 1 fully saturated rings. The van der Waals surface area contributed by atoms with Crippen LogP contribution in [0.1, 0.15) is 63.8 Å². The summed E-state index contributed by atoms with van der Waals surface area (Å²) >= 11 is 0. The average molecular weight is 277 g/mol. The van der Waals surface area contributed by atoms with Crippen molar-refractivity contribution >= 4 is 0 Å².